The number of aliphatic imine (C=N–C) groups is 1. The summed E-state index contributed by atoms with van der Waals surface area (Å²) in [7, 11) is 0. The molecule has 5 rings (SSSR count). The van der Waals surface area contributed by atoms with E-state index < -0.39 is 5.97 Å². The molecule has 0 saturated carbocycles. The van der Waals surface area contributed by atoms with E-state index in [2.05, 4.69) is 22.0 Å². The van der Waals surface area contributed by atoms with Crippen LogP contribution in [0.2, 0.25) is 0 Å². The van der Waals surface area contributed by atoms with Crippen molar-refractivity contribution >= 4 is 28.3 Å². The van der Waals surface area contributed by atoms with Crippen LogP contribution in [0.3, 0.4) is 0 Å². The molecule has 1 aromatic heterocycles. The van der Waals surface area contributed by atoms with Crippen molar-refractivity contribution in [2.75, 3.05) is 19.7 Å². The van der Waals surface area contributed by atoms with E-state index in [1.807, 2.05) is 48.5 Å². The number of nitrogens with one attached hydrogen (secondary N) is 1. The first-order chi connectivity index (χ1) is 16.6. The van der Waals surface area contributed by atoms with Gasteiger partial charge in [-0.05, 0) is 56.3 Å². The van der Waals surface area contributed by atoms with E-state index >= 15 is 0 Å². The Bertz CT molecular complexity index is 1340. The van der Waals surface area contributed by atoms with Gasteiger partial charge < -0.3 is 14.8 Å². The molecule has 1 aliphatic heterocycles. The number of aromatic amines is 1. The zero-order chi connectivity index (χ0) is 23.5. The summed E-state index contributed by atoms with van der Waals surface area (Å²) < 4.78 is 5.11. The summed E-state index contributed by atoms with van der Waals surface area (Å²) in [6, 6.07) is 23.3. The van der Waals surface area contributed by atoms with E-state index in [1.54, 1.807) is 19.1 Å². The Kier molecular flexibility index (Phi) is 6.14. The molecule has 4 aromatic rings. The Balaban J connectivity index is 1.56. The first kappa shape index (κ1) is 21.9. The smallest absolute Gasteiger partial charge is 0.338 e. The van der Waals surface area contributed by atoms with Crippen LogP contribution in [0, 0.1) is 0 Å². The number of aromatic hydroxyl groups is 1. The third-order valence-corrected chi connectivity index (χ3v) is 6.11. The number of nitrogens with zero attached hydrogens (tertiary/aromatic N) is 2. The number of hydrogen-bond donors (Lipinski definition) is 2. The number of carbonyl (C=O) groups is 1. The molecular formula is C28H27N3O3. The first-order valence-electron chi connectivity index (χ1n) is 11.6. The van der Waals surface area contributed by atoms with Gasteiger partial charge in [-0.15, -0.1) is 0 Å². The summed E-state index contributed by atoms with van der Waals surface area (Å²) in [5, 5.41) is 11.7. The summed E-state index contributed by atoms with van der Waals surface area (Å²) >= 11 is 0. The minimum atomic E-state index is -0.393. The van der Waals surface area contributed by atoms with Crippen molar-refractivity contribution in [2.45, 2.75) is 19.9 Å². The van der Waals surface area contributed by atoms with Crippen molar-refractivity contribution in [3.63, 3.8) is 0 Å². The molecule has 6 heteroatoms. The fourth-order valence-corrected chi connectivity index (χ4v) is 4.23. The summed E-state index contributed by atoms with van der Waals surface area (Å²) in [6.07, 6.45) is 1.28. The van der Waals surface area contributed by atoms with Crippen LogP contribution in [-0.4, -0.2) is 46.4 Å². The quantitative estimate of drug-likeness (QED) is 0.289. The van der Waals surface area contributed by atoms with Crippen LogP contribution in [0.5, 0.6) is 5.88 Å². The van der Waals surface area contributed by atoms with E-state index in [4.69, 9.17) is 9.73 Å². The van der Waals surface area contributed by atoms with E-state index in [0.29, 0.717) is 29.0 Å². The average Bonchev–Trinajstić information content (AvgIpc) is 3.16. The van der Waals surface area contributed by atoms with Crippen LogP contribution in [0.25, 0.3) is 10.9 Å². The molecule has 0 spiro atoms. The maximum absolute atomic E-state index is 12.2. The zero-order valence-electron chi connectivity index (χ0n) is 19.1. The number of rotatable bonds is 7. The number of ether oxygens (including phenoxy) is 1. The molecule has 0 aliphatic carbocycles. The standard InChI is InChI=1S/C28H27N3O3/c1-2-34-28(33)21-11-14-23-24(17-21)30-27(32)25(23)26(20-7-4-3-5-8-20)29-22-12-9-19(10-13-22)18-31-15-6-16-31/h3-5,7-14,17,30,32H,2,6,15-16,18H2,1H3. The topological polar surface area (TPSA) is 77.9 Å². The molecule has 0 bridgehead atoms. The van der Waals surface area contributed by atoms with E-state index in [9.17, 15) is 9.90 Å². The predicted molar refractivity (Wildman–Crippen MR) is 134 cm³/mol. The fourth-order valence-electron chi connectivity index (χ4n) is 4.23. The largest absolute Gasteiger partial charge is 0.494 e. The first-order valence-corrected chi connectivity index (χ1v) is 11.6. The van der Waals surface area contributed by atoms with Crippen molar-refractivity contribution in [3.8, 4) is 5.88 Å². The second-order valence-corrected chi connectivity index (χ2v) is 8.45. The molecule has 172 valence electrons. The Morgan fingerprint density at radius 3 is 2.47 bits per heavy atom. The molecule has 3 aromatic carbocycles. The molecule has 2 heterocycles. The molecule has 1 aliphatic rings. The molecule has 2 N–H and O–H groups in total. The number of hydrogen-bond acceptors (Lipinski definition) is 5. The van der Waals surface area contributed by atoms with Crippen molar-refractivity contribution < 1.29 is 14.6 Å². The van der Waals surface area contributed by atoms with E-state index in [0.717, 1.165) is 36.3 Å². The Hall–Kier alpha value is -3.90. The van der Waals surface area contributed by atoms with Gasteiger partial charge in [-0.2, -0.15) is 0 Å². The minimum Gasteiger partial charge on any atom is -0.494 e. The third kappa shape index (κ3) is 4.45. The lowest BCUT2D eigenvalue weighted by Gasteiger charge is -2.30. The lowest BCUT2D eigenvalue weighted by Crippen LogP contribution is -2.36. The fraction of sp³-hybridized carbons (Fsp3) is 0.214. The molecular weight excluding hydrogens is 426 g/mol. The number of likely N-dealkylation sites (tertiary alicyclic amines) is 1. The average molecular weight is 454 g/mol. The summed E-state index contributed by atoms with van der Waals surface area (Å²) in [6.45, 7) is 5.36. The normalized spacial score (nSPS) is 14.2. The van der Waals surface area contributed by atoms with Gasteiger partial charge in [0.1, 0.15) is 0 Å². The molecule has 1 fully saturated rings. The SMILES string of the molecule is CCOC(=O)c1ccc2c(C(=Nc3ccc(CN4CCC4)cc3)c3ccccc3)c(O)[nH]c2c1. The highest BCUT2D eigenvalue weighted by molar-refractivity contribution is 6.22. The molecule has 6 nitrogen and oxygen atoms in total. The molecule has 0 unspecified atom stereocenters. The van der Waals surface area contributed by atoms with Crippen LogP contribution in [0.15, 0.2) is 77.8 Å². The van der Waals surface area contributed by atoms with Crippen molar-refractivity contribution in [2.24, 2.45) is 4.99 Å². The van der Waals surface area contributed by atoms with Gasteiger partial charge in [0.25, 0.3) is 0 Å². The number of aromatic nitrogens is 1. The van der Waals surface area contributed by atoms with Crippen LogP contribution in [0.4, 0.5) is 5.69 Å². The summed E-state index contributed by atoms with van der Waals surface area (Å²) in [5.74, 6) is -0.386. The maximum atomic E-state index is 12.2. The molecule has 1 saturated heterocycles. The highest BCUT2D eigenvalue weighted by Crippen LogP contribution is 2.32. The summed E-state index contributed by atoms with van der Waals surface area (Å²) in [5.41, 5.74) is 5.29. The second kappa shape index (κ2) is 9.53. The maximum Gasteiger partial charge on any atom is 0.338 e. The molecule has 34 heavy (non-hydrogen) atoms. The van der Waals surface area contributed by atoms with Gasteiger partial charge in [-0.25, -0.2) is 9.79 Å². The number of fused-ring (bicyclic) bond motifs is 1. The van der Waals surface area contributed by atoms with E-state index in [-0.39, 0.29) is 5.88 Å². The van der Waals surface area contributed by atoms with Gasteiger partial charge in [0.05, 0.1) is 29.1 Å². The van der Waals surface area contributed by atoms with Gasteiger partial charge in [0.2, 0.25) is 0 Å². The predicted octanol–water partition coefficient (Wildman–Crippen LogP) is 5.43. The lowest BCUT2D eigenvalue weighted by atomic mass is 10.00. The molecule has 0 radical (unpaired) electrons. The lowest BCUT2D eigenvalue weighted by molar-refractivity contribution is 0.0526. The van der Waals surface area contributed by atoms with E-state index in [1.165, 1.54) is 12.0 Å². The third-order valence-electron chi connectivity index (χ3n) is 6.11. The molecule has 0 atom stereocenters. The minimum absolute atomic E-state index is 0.00742. The summed E-state index contributed by atoms with van der Waals surface area (Å²) in [4.78, 5) is 22.5. The Labute approximate surface area is 198 Å². The van der Waals surface area contributed by atoms with Gasteiger partial charge in [-0.1, -0.05) is 48.5 Å². The van der Waals surface area contributed by atoms with Gasteiger partial charge in [-0.3, -0.25) is 4.90 Å². The second-order valence-electron chi connectivity index (χ2n) is 8.45. The Morgan fingerprint density at radius 2 is 1.79 bits per heavy atom. The van der Waals surface area contributed by atoms with Gasteiger partial charge in [0, 0.05) is 23.0 Å². The van der Waals surface area contributed by atoms with Crippen molar-refractivity contribution in [1.29, 1.82) is 0 Å². The number of benzene rings is 3. The number of carbonyl (C=O) groups excluding carboxylic acids is 1. The van der Waals surface area contributed by atoms with Crippen LogP contribution >= 0.6 is 0 Å². The highest BCUT2D eigenvalue weighted by atomic mass is 16.5. The Morgan fingerprint density at radius 1 is 1.03 bits per heavy atom. The number of H-pyrrole nitrogens is 1. The molecule has 0 amide bonds. The zero-order valence-corrected chi connectivity index (χ0v) is 19.1. The number of esters is 1. The monoisotopic (exact) mass is 453 g/mol. The van der Waals surface area contributed by atoms with Crippen molar-refractivity contribution in [3.05, 3.63) is 95.1 Å². The van der Waals surface area contributed by atoms with Crippen LogP contribution < -0.4 is 0 Å². The van der Waals surface area contributed by atoms with Gasteiger partial charge >= 0.3 is 5.97 Å². The highest BCUT2D eigenvalue weighted by Gasteiger charge is 2.20. The van der Waals surface area contributed by atoms with Gasteiger partial charge in [0.15, 0.2) is 5.88 Å². The van der Waals surface area contributed by atoms with Crippen LogP contribution in [0.1, 0.15) is 40.4 Å². The van der Waals surface area contributed by atoms with Crippen molar-refractivity contribution in [1.82, 2.24) is 9.88 Å². The van der Waals surface area contributed by atoms with Crippen LogP contribution in [-0.2, 0) is 11.3 Å².